The number of fused-ring (bicyclic) bond motifs is 6. The Kier molecular flexibility index (Phi) is 16.8. The lowest BCUT2D eigenvalue weighted by atomic mass is 9.96. The summed E-state index contributed by atoms with van der Waals surface area (Å²) in [5, 5.41) is 43.3. The van der Waals surface area contributed by atoms with Gasteiger partial charge in [0.1, 0.15) is 0 Å². The van der Waals surface area contributed by atoms with E-state index in [1.54, 1.807) is 0 Å². The third-order valence-corrected chi connectivity index (χ3v) is 20.8. The zero-order chi connectivity index (χ0) is 75.2. The highest BCUT2D eigenvalue weighted by atomic mass is 15.1. The van der Waals surface area contributed by atoms with Gasteiger partial charge in [-0.05, 0) is 194 Å². The van der Waals surface area contributed by atoms with Crippen molar-refractivity contribution in [2.45, 2.75) is 0 Å². The molecule has 0 bridgehead atoms. The highest BCUT2D eigenvalue weighted by Crippen LogP contribution is 2.45. The Hall–Kier alpha value is -16.1. The summed E-state index contributed by atoms with van der Waals surface area (Å²) in [5.74, 6) is 3.10. The second kappa shape index (κ2) is 28.3. The third kappa shape index (κ3) is 12.4. The molecule has 0 aliphatic rings. The van der Waals surface area contributed by atoms with Gasteiger partial charge in [-0.15, -0.1) is 0 Å². The maximum absolute atomic E-state index is 9.83. The van der Waals surface area contributed by atoms with Crippen molar-refractivity contribution < 1.29 is 0 Å². The van der Waals surface area contributed by atoms with Gasteiger partial charge in [0.15, 0.2) is 34.9 Å². The van der Waals surface area contributed by atoms with Gasteiger partial charge in [-0.3, -0.25) is 0 Å². The standard InChI is InChI=1S/C100H58N12/c101-59-63-24-32-67(33-25-63)77-42-48-89-85(53-77)86-54-78(68-34-26-64(60-102)27-35-68)43-49-90(86)111(89)93-57-81(40-46-83(93)99-107-95(71-14-5-1-6-15-71)105-96(108-99)72-16-7-2-8-17-72)75-22-13-23-76(52-75)82-41-47-84(100-109-97(73-18-9-3-10-19-73)106-98(110-100)74-20-11-4-12-21-74)94(58-82)112-91-50-44-79(69-36-28-65(61-103)29-37-69)55-87(91)88-56-80(45-51-92(88)112)70-38-30-66(62-104)31-39-70/h1-58H. The van der Waals surface area contributed by atoms with Crippen LogP contribution < -0.4 is 0 Å². The highest BCUT2D eigenvalue weighted by Gasteiger charge is 2.25. The first-order valence-electron chi connectivity index (χ1n) is 36.6. The SMILES string of the molecule is N#Cc1ccc(-c2ccc3c(c2)c2cc(-c4ccc(C#N)cc4)ccc2n3-c2cc(-c3cccc(-c4ccc(-c5nc(-c6ccccc6)nc(-c6ccccc6)n5)c(-n5c6ccc(-c7ccc(C#N)cc7)cc6c6cc(-c7ccc(C#N)cc7)ccc65)c4)c3)ccc2-c2nc(-c3ccccc3)nc(-c3ccccc3)n2)cc1. The van der Waals surface area contributed by atoms with Crippen LogP contribution in [0, 0.1) is 45.3 Å². The van der Waals surface area contributed by atoms with E-state index in [4.69, 9.17) is 29.9 Å². The Labute approximate surface area is 644 Å². The molecule has 0 aliphatic carbocycles. The summed E-state index contributed by atoms with van der Waals surface area (Å²) in [6.07, 6.45) is 0. The van der Waals surface area contributed by atoms with E-state index < -0.39 is 0 Å². The van der Waals surface area contributed by atoms with Crippen LogP contribution in [0.25, 0.3) is 190 Å². The number of hydrogen-bond acceptors (Lipinski definition) is 10. The van der Waals surface area contributed by atoms with Crippen LogP contribution in [0.1, 0.15) is 22.3 Å². The van der Waals surface area contributed by atoms with Crippen LogP contribution in [0.2, 0.25) is 0 Å². The van der Waals surface area contributed by atoms with Crippen LogP contribution in [0.3, 0.4) is 0 Å². The summed E-state index contributed by atoms with van der Waals surface area (Å²) < 4.78 is 4.66. The largest absolute Gasteiger partial charge is 0.308 e. The molecule has 15 aromatic carbocycles. The lowest BCUT2D eigenvalue weighted by Crippen LogP contribution is -2.04. The maximum Gasteiger partial charge on any atom is 0.166 e. The van der Waals surface area contributed by atoms with Crippen molar-refractivity contribution in [3.63, 3.8) is 0 Å². The van der Waals surface area contributed by atoms with Crippen LogP contribution in [0.15, 0.2) is 352 Å². The van der Waals surface area contributed by atoms with E-state index in [2.05, 4.69) is 167 Å². The van der Waals surface area contributed by atoms with Gasteiger partial charge in [-0.25, -0.2) is 29.9 Å². The fourth-order valence-electron chi connectivity index (χ4n) is 15.1. The molecule has 12 heteroatoms. The minimum atomic E-state index is 0.486. The Balaban J connectivity index is 0.837. The monoisotopic (exact) mass is 1430 g/mol. The number of benzene rings is 15. The molecule has 12 nitrogen and oxygen atoms in total. The molecule has 19 rings (SSSR count). The predicted octanol–water partition coefficient (Wildman–Crippen LogP) is 23.7. The fourth-order valence-corrected chi connectivity index (χ4v) is 15.1. The molecule has 4 heterocycles. The first-order valence-corrected chi connectivity index (χ1v) is 36.6. The van der Waals surface area contributed by atoms with Crippen molar-refractivity contribution in [2.75, 3.05) is 0 Å². The van der Waals surface area contributed by atoms with Gasteiger partial charge >= 0.3 is 0 Å². The van der Waals surface area contributed by atoms with E-state index in [0.29, 0.717) is 57.2 Å². The van der Waals surface area contributed by atoms with Gasteiger partial charge in [0, 0.05) is 54.9 Å². The van der Waals surface area contributed by atoms with Crippen LogP contribution in [0.4, 0.5) is 0 Å². The van der Waals surface area contributed by atoms with E-state index in [-0.39, 0.29) is 0 Å². The highest BCUT2D eigenvalue weighted by molar-refractivity contribution is 6.14. The molecule has 0 amide bonds. The van der Waals surface area contributed by atoms with Crippen molar-refractivity contribution in [3.05, 3.63) is 374 Å². The molecular weight excluding hydrogens is 1370 g/mol. The molecule has 0 spiro atoms. The van der Waals surface area contributed by atoms with Crippen LogP contribution >= 0.6 is 0 Å². The first kappa shape index (κ1) is 66.6. The number of nitriles is 4. The second-order valence-electron chi connectivity index (χ2n) is 27.5. The van der Waals surface area contributed by atoms with Crippen molar-refractivity contribution in [1.82, 2.24) is 39.0 Å². The van der Waals surface area contributed by atoms with Crippen LogP contribution in [-0.4, -0.2) is 39.0 Å². The molecule has 0 atom stereocenters. The Bertz CT molecular complexity index is 6340. The molecule has 4 aromatic heterocycles. The van der Waals surface area contributed by atoms with Crippen LogP contribution in [0.5, 0.6) is 0 Å². The summed E-state index contributed by atoms with van der Waals surface area (Å²) in [4.78, 5) is 31.9. The van der Waals surface area contributed by atoms with Gasteiger partial charge in [-0.1, -0.05) is 224 Å². The first-order chi connectivity index (χ1) is 55.3. The van der Waals surface area contributed by atoms with Gasteiger partial charge < -0.3 is 9.13 Å². The molecule has 19 aromatic rings. The van der Waals surface area contributed by atoms with Gasteiger partial charge in [0.2, 0.25) is 0 Å². The average molecular weight is 1430 g/mol. The quantitative estimate of drug-likeness (QED) is 0.102. The van der Waals surface area contributed by atoms with Gasteiger partial charge in [0.05, 0.1) is 80.0 Å². The van der Waals surface area contributed by atoms with Crippen molar-refractivity contribution in [1.29, 1.82) is 21.0 Å². The molecule has 0 unspecified atom stereocenters. The molecular formula is C100H58N12. The minimum absolute atomic E-state index is 0.486. The van der Waals surface area contributed by atoms with E-state index in [1.165, 1.54) is 0 Å². The summed E-state index contributed by atoms with van der Waals surface area (Å²) in [6, 6.07) is 128. The topological polar surface area (TPSA) is 182 Å². The zero-order valence-electron chi connectivity index (χ0n) is 59.9. The average Bonchev–Trinajstić information content (AvgIpc) is 1.57. The number of hydrogen-bond donors (Lipinski definition) is 0. The predicted molar refractivity (Wildman–Crippen MR) is 446 cm³/mol. The lowest BCUT2D eigenvalue weighted by molar-refractivity contribution is 1.06. The lowest BCUT2D eigenvalue weighted by Gasteiger charge is -2.18. The third-order valence-electron chi connectivity index (χ3n) is 20.8. The maximum atomic E-state index is 9.83. The molecule has 0 N–H and O–H groups in total. The van der Waals surface area contributed by atoms with Crippen molar-refractivity contribution in [2.24, 2.45) is 0 Å². The molecule has 0 saturated carbocycles. The number of rotatable bonds is 14. The van der Waals surface area contributed by atoms with Crippen molar-refractivity contribution in [3.8, 4) is 171 Å². The summed E-state index contributed by atoms with van der Waals surface area (Å²) >= 11 is 0. The summed E-state index contributed by atoms with van der Waals surface area (Å²) in [5.41, 5.74) is 24.3. The van der Waals surface area contributed by atoms with Crippen LogP contribution in [-0.2, 0) is 0 Å². The fraction of sp³-hybridized carbons (Fsp3) is 0. The Morgan fingerprint density at radius 3 is 0.652 bits per heavy atom. The van der Waals surface area contributed by atoms with Gasteiger partial charge in [-0.2, -0.15) is 21.0 Å². The summed E-state index contributed by atoms with van der Waals surface area (Å²) in [6.45, 7) is 0. The Morgan fingerprint density at radius 2 is 0.393 bits per heavy atom. The minimum Gasteiger partial charge on any atom is -0.308 e. The molecule has 0 fully saturated rings. The van der Waals surface area contributed by atoms with E-state index >= 15 is 0 Å². The molecule has 112 heavy (non-hydrogen) atoms. The van der Waals surface area contributed by atoms with E-state index in [0.717, 1.165) is 155 Å². The smallest absolute Gasteiger partial charge is 0.166 e. The van der Waals surface area contributed by atoms with E-state index in [1.807, 2.05) is 218 Å². The number of nitrogens with zero attached hydrogens (tertiary/aromatic N) is 12. The normalized spacial score (nSPS) is 11.2. The van der Waals surface area contributed by atoms with Gasteiger partial charge in [0.25, 0.3) is 0 Å². The number of aromatic nitrogens is 8. The molecule has 0 radical (unpaired) electrons. The molecule has 0 aliphatic heterocycles. The Morgan fingerprint density at radius 1 is 0.179 bits per heavy atom. The van der Waals surface area contributed by atoms with Crippen molar-refractivity contribution >= 4 is 43.6 Å². The summed E-state index contributed by atoms with van der Waals surface area (Å²) in [7, 11) is 0. The molecule has 518 valence electrons. The molecule has 0 saturated heterocycles. The zero-order valence-corrected chi connectivity index (χ0v) is 59.9. The second-order valence-corrected chi connectivity index (χ2v) is 27.5. The van der Waals surface area contributed by atoms with E-state index in [9.17, 15) is 21.0 Å².